The van der Waals surface area contributed by atoms with Crippen molar-refractivity contribution in [2.45, 2.75) is 6.61 Å². The predicted octanol–water partition coefficient (Wildman–Crippen LogP) is 3.82. The van der Waals surface area contributed by atoms with Gasteiger partial charge in [-0.05, 0) is 23.8 Å². The second kappa shape index (κ2) is 5.26. The number of rotatable bonds is 2. The molecule has 4 aromatic rings. The van der Waals surface area contributed by atoms with Gasteiger partial charge in [0.05, 0.1) is 23.2 Å². The van der Waals surface area contributed by atoms with Gasteiger partial charge in [0.2, 0.25) is 0 Å². The molecule has 0 amide bonds. The molecule has 5 heteroatoms. The molecule has 4 nitrogen and oxygen atoms in total. The van der Waals surface area contributed by atoms with Crippen LogP contribution in [0.5, 0.6) is 0 Å². The topological polar surface area (TPSA) is 68.9 Å². The van der Waals surface area contributed by atoms with Crippen LogP contribution in [0.1, 0.15) is 5.56 Å². The first-order valence-corrected chi connectivity index (χ1v) is 7.59. The van der Waals surface area contributed by atoms with Crippen LogP contribution in [0.4, 0.5) is 0 Å². The van der Waals surface area contributed by atoms with Crippen molar-refractivity contribution in [3.05, 3.63) is 69.5 Å². The third kappa shape index (κ3) is 2.15. The van der Waals surface area contributed by atoms with E-state index < -0.39 is 0 Å². The summed E-state index contributed by atoms with van der Waals surface area (Å²) in [7, 11) is 0. The van der Waals surface area contributed by atoms with Crippen molar-refractivity contribution >= 4 is 33.5 Å². The minimum Gasteiger partial charge on any atom is -0.391 e. The highest BCUT2D eigenvalue weighted by Gasteiger charge is 2.17. The highest BCUT2D eigenvalue weighted by molar-refractivity contribution is 6.31. The van der Waals surface area contributed by atoms with Crippen molar-refractivity contribution in [3.8, 4) is 11.1 Å². The fourth-order valence-corrected chi connectivity index (χ4v) is 3.18. The van der Waals surface area contributed by atoms with Gasteiger partial charge in [-0.1, -0.05) is 41.9 Å². The van der Waals surface area contributed by atoms with E-state index in [9.17, 15) is 9.90 Å². The summed E-state index contributed by atoms with van der Waals surface area (Å²) in [5.74, 6) is 0. The minimum absolute atomic E-state index is 0.292. The molecule has 0 fully saturated rings. The molecule has 2 aromatic carbocycles. The zero-order valence-corrected chi connectivity index (χ0v) is 12.8. The van der Waals surface area contributed by atoms with Gasteiger partial charge in [-0.25, -0.2) is 0 Å². The normalized spacial score (nSPS) is 11.4. The van der Waals surface area contributed by atoms with E-state index in [4.69, 9.17) is 11.6 Å². The molecule has 0 atom stereocenters. The van der Waals surface area contributed by atoms with Gasteiger partial charge < -0.3 is 15.1 Å². The van der Waals surface area contributed by atoms with Crippen LogP contribution in [-0.2, 0) is 6.61 Å². The summed E-state index contributed by atoms with van der Waals surface area (Å²) in [6, 6.07) is 15.1. The first-order valence-electron chi connectivity index (χ1n) is 7.21. The standard InChI is InChI=1S/C18H13ClN2O2/c19-11-6-7-14-12(8-11)16-17(20-14)15(10-4-2-1-3-5-10)13(9-22)18(23)21-16/h1-8,20,22H,9H2,(H,21,23). The molecule has 0 bridgehead atoms. The van der Waals surface area contributed by atoms with E-state index in [0.29, 0.717) is 16.1 Å². The Hall–Kier alpha value is -2.56. The lowest BCUT2D eigenvalue weighted by Crippen LogP contribution is -2.14. The largest absolute Gasteiger partial charge is 0.391 e. The monoisotopic (exact) mass is 324 g/mol. The average Bonchev–Trinajstić information content (AvgIpc) is 2.92. The lowest BCUT2D eigenvalue weighted by molar-refractivity contribution is 0.281. The van der Waals surface area contributed by atoms with Gasteiger partial charge >= 0.3 is 0 Å². The second-order valence-corrected chi connectivity index (χ2v) is 5.83. The number of halogens is 1. The number of fused-ring (bicyclic) bond motifs is 3. The Kier molecular flexibility index (Phi) is 3.22. The van der Waals surface area contributed by atoms with Crippen LogP contribution < -0.4 is 5.56 Å². The molecule has 4 rings (SSSR count). The van der Waals surface area contributed by atoms with Gasteiger partial charge in [0.15, 0.2) is 0 Å². The SMILES string of the molecule is O=c1[nH]c2c([nH]c3ccc(Cl)cc32)c(-c2ccccc2)c1CO. The van der Waals surface area contributed by atoms with E-state index >= 15 is 0 Å². The zero-order valence-electron chi connectivity index (χ0n) is 12.1. The summed E-state index contributed by atoms with van der Waals surface area (Å²) >= 11 is 6.09. The Morgan fingerprint density at radius 2 is 1.78 bits per heavy atom. The van der Waals surface area contributed by atoms with Gasteiger partial charge in [-0.2, -0.15) is 0 Å². The van der Waals surface area contributed by atoms with Gasteiger partial charge in [0, 0.05) is 21.5 Å². The van der Waals surface area contributed by atoms with Gasteiger partial charge in [-0.3, -0.25) is 4.79 Å². The van der Waals surface area contributed by atoms with Crippen molar-refractivity contribution < 1.29 is 5.11 Å². The summed E-state index contributed by atoms with van der Waals surface area (Å²) in [5, 5.41) is 11.1. The molecule has 2 heterocycles. The Morgan fingerprint density at radius 3 is 2.52 bits per heavy atom. The number of aliphatic hydroxyl groups is 1. The minimum atomic E-state index is -0.328. The summed E-state index contributed by atoms with van der Waals surface area (Å²) in [6.07, 6.45) is 0. The number of aromatic nitrogens is 2. The maximum atomic E-state index is 12.4. The molecule has 0 aliphatic rings. The summed E-state index contributed by atoms with van der Waals surface area (Å²) in [5.41, 5.74) is 4.03. The first-order chi connectivity index (χ1) is 11.2. The summed E-state index contributed by atoms with van der Waals surface area (Å²) in [4.78, 5) is 18.6. The molecule has 3 N–H and O–H groups in total. The number of pyridine rings is 1. The van der Waals surface area contributed by atoms with Gasteiger partial charge in [-0.15, -0.1) is 0 Å². The fraction of sp³-hybridized carbons (Fsp3) is 0.0556. The van der Waals surface area contributed by atoms with Crippen LogP contribution >= 0.6 is 11.6 Å². The van der Waals surface area contributed by atoms with Crippen LogP contribution in [0.25, 0.3) is 33.1 Å². The van der Waals surface area contributed by atoms with E-state index in [2.05, 4.69) is 9.97 Å². The highest BCUT2D eigenvalue weighted by atomic mass is 35.5. The highest BCUT2D eigenvalue weighted by Crippen LogP contribution is 2.33. The molecule has 2 aromatic heterocycles. The molecule has 0 saturated carbocycles. The Bertz CT molecular complexity index is 1080. The Labute approximate surface area is 136 Å². The molecule has 114 valence electrons. The lowest BCUT2D eigenvalue weighted by Gasteiger charge is -2.08. The van der Waals surface area contributed by atoms with Crippen molar-refractivity contribution in [3.63, 3.8) is 0 Å². The molecule has 0 aliphatic heterocycles. The summed E-state index contributed by atoms with van der Waals surface area (Å²) in [6.45, 7) is -0.328. The van der Waals surface area contributed by atoms with Crippen molar-refractivity contribution in [2.75, 3.05) is 0 Å². The number of nitrogens with one attached hydrogen (secondary N) is 2. The average molecular weight is 325 g/mol. The third-order valence-corrected chi connectivity index (χ3v) is 4.28. The summed E-state index contributed by atoms with van der Waals surface area (Å²) < 4.78 is 0. The first kappa shape index (κ1) is 14.1. The van der Waals surface area contributed by atoms with Crippen molar-refractivity contribution in [2.24, 2.45) is 0 Å². The molecular formula is C18H13ClN2O2. The lowest BCUT2D eigenvalue weighted by atomic mass is 10.00. The molecule has 0 aliphatic carbocycles. The molecular weight excluding hydrogens is 312 g/mol. The number of H-pyrrole nitrogens is 2. The third-order valence-electron chi connectivity index (χ3n) is 4.05. The number of hydrogen-bond donors (Lipinski definition) is 3. The maximum Gasteiger partial charge on any atom is 0.254 e. The van der Waals surface area contributed by atoms with E-state index in [-0.39, 0.29) is 12.2 Å². The van der Waals surface area contributed by atoms with E-state index in [1.54, 1.807) is 6.07 Å². The Morgan fingerprint density at radius 1 is 1.00 bits per heavy atom. The van der Waals surface area contributed by atoms with E-state index in [0.717, 1.165) is 27.5 Å². The molecule has 0 spiro atoms. The quantitative estimate of drug-likeness (QED) is 0.524. The zero-order chi connectivity index (χ0) is 16.0. The number of aromatic amines is 2. The molecule has 0 unspecified atom stereocenters. The number of hydrogen-bond acceptors (Lipinski definition) is 2. The fourth-order valence-electron chi connectivity index (χ4n) is 3.01. The van der Waals surface area contributed by atoms with Crippen LogP contribution in [-0.4, -0.2) is 15.1 Å². The molecule has 0 radical (unpaired) electrons. The van der Waals surface area contributed by atoms with Gasteiger partial charge in [0.25, 0.3) is 5.56 Å². The van der Waals surface area contributed by atoms with E-state index in [1.165, 1.54) is 0 Å². The van der Waals surface area contributed by atoms with E-state index in [1.807, 2.05) is 42.5 Å². The molecule has 23 heavy (non-hydrogen) atoms. The number of aliphatic hydroxyl groups excluding tert-OH is 1. The van der Waals surface area contributed by atoms with Crippen molar-refractivity contribution in [1.29, 1.82) is 0 Å². The van der Waals surface area contributed by atoms with Crippen LogP contribution in [0.15, 0.2) is 53.3 Å². The van der Waals surface area contributed by atoms with Crippen LogP contribution in [0.2, 0.25) is 5.02 Å². The Balaban J connectivity index is 2.22. The van der Waals surface area contributed by atoms with Crippen LogP contribution in [0.3, 0.4) is 0 Å². The van der Waals surface area contributed by atoms with Crippen molar-refractivity contribution in [1.82, 2.24) is 9.97 Å². The smallest absolute Gasteiger partial charge is 0.254 e. The van der Waals surface area contributed by atoms with Crippen LogP contribution in [0, 0.1) is 0 Å². The number of benzene rings is 2. The predicted molar refractivity (Wildman–Crippen MR) is 92.8 cm³/mol. The molecule has 0 saturated heterocycles. The maximum absolute atomic E-state index is 12.4. The van der Waals surface area contributed by atoms with Gasteiger partial charge in [0.1, 0.15) is 0 Å². The second-order valence-electron chi connectivity index (χ2n) is 5.40.